The molecule has 1 aromatic rings. The monoisotopic (exact) mass is 215 g/mol. The molecule has 1 aromatic carbocycles. The predicted molar refractivity (Wildman–Crippen MR) is 67.8 cm³/mol. The van der Waals surface area contributed by atoms with E-state index >= 15 is 0 Å². The van der Waals surface area contributed by atoms with Gasteiger partial charge in [0.05, 0.1) is 0 Å². The molecule has 1 N–H and O–H groups in total. The topological polar surface area (TPSA) is 12.0 Å². The van der Waals surface area contributed by atoms with Gasteiger partial charge in [-0.2, -0.15) is 0 Å². The van der Waals surface area contributed by atoms with Crippen LogP contribution >= 0.6 is 0 Å². The molecule has 1 fully saturated rings. The maximum absolute atomic E-state index is 3.64. The van der Waals surface area contributed by atoms with Crippen molar-refractivity contribution < 1.29 is 0 Å². The molecule has 2 aliphatic rings. The van der Waals surface area contributed by atoms with Gasteiger partial charge in [0.25, 0.3) is 0 Å². The molecule has 86 valence electrons. The number of aryl methyl sites for hydroxylation is 2. The van der Waals surface area contributed by atoms with Crippen molar-refractivity contribution in [2.45, 2.75) is 51.0 Å². The van der Waals surface area contributed by atoms with E-state index in [-0.39, 0.29) is 0 Å². The highest BCUT2D eigenvalue weighted by Crippen LogP contribution is 2.24. The third kappa shape index (κ3) is 2.15. The predicted octanol–water partition coefficient (Wildman–Crippen LogP) is 2.86. The van der Waals surface area contributed by atoms with E-state index in [1.54, 1.807) is 16.7 Å². The first-order chi connectivity index (χ1) is 7.92. The molecule has 1 aliphatic heterocycles. The van der Waals surface area contributed by atoms with Gasteiger partial charge >= 0.3 is 0 Å². The quantitative estimate of drug-likeness (QED) is 0.800. The van der Waals surface area contributed by atoms with E-state index in [1.807, 2.05) is 0 Å². The van der Waals surface area contributed by atoms with E-state index in [9.17, 15) is 0 Å². The van der Waals surface area contributed by atoms with Crippen molar-refractivity contribution in [2.24, 2.45) is 0 Å². The zero-order chi connectivity index (χ0) is 10.8. The molecule has 0 radical (unpaired) electrons. The van der Waals surface area contributed by atoms with Crippen molar-refractivity contribution in [3.05, 3.63) is 34.9 Å². The van der Waals surface area contributed by atoms with E-state index in [1.165, 1.54) is 51.5 Å². The highest BCUT2D eigenvalue weighted by Gasteiger charge is 2.15. The van der Waals surface area contributed by atoms with Gasteiger partial charge in [0, 0.05) is 6.04 Å². The molecule has 0 amide bonds. The maximum atomic E-state index is 3.64. The third-order valence-corrected chi connectivity index (χ3v) is 4.06. The van der Waals surface area contributed by atoms with Crippen LogP contribution in [-0.4, -0.2) is 12.6 Å². The average Bonchev–Trinajstić information content (AvgIpc) is 2.77. The van der Waals surface area contributed by atoms with Crippen LogP contribution < -0.4 is 5.32 Å². The van der Waals surface area contributed by atoms with Crippen LogP contribution in [0.5, 0.6) is 0 Å². The van der Waals surface area contributed by atoms with Gasteiger partial charge in [-0.05, 0) is 61.8 Å². The second-order valence-electron chi connectivity index (χ2n) is 5.31. The molecule has 0 aromatic heterocycles. The summed E-state index contributed by atoms with van der Waals surface area (Å²) in [6.07, 6.45) is 9.33. The number of hydrogen-bond donors (Lipinski definition) is 1. The maximum Gasteiger partial charge on any atom is 0.0107 e. The van der Waals surface area contributed by atoms with Gasteiger partial charge < -0.3 is 5.32 Å². The minimum atomic E-state index is 0.730. The fourth-order valence-electron chi connectivity index (χ4n) is 3.13. The average molecular weight is 215 g/mol. The van der Waals surface area contributed by atoms with Gasteiger partial charge in [0.1, 0.15) is 0 Å². The Bertz CT molecular complexity index is 364. The summed E-state index contributed by atoms with van der Waals surface area (Å²) >= 11 is 0. The van der Waals surface area contributed by atoms with Gasteiger partial charge in [-0.15, -0.1) is 0 Å². The molecule has 1 nitrogen and oxygen atoms in total. The molecule has 0 spiro atoms. The first-order valence-electron chi connectivity index (χ1n) is 6.76. The fourth-order valence-corrected chi connectivity index (χ4v) is 3.13. The number of rotatable bonds is 2. The zero-order valence-electron chi connectivity index (χ0n) is 9.97. The van der Waals surface area contributed by atoms with Crippen LogP contribution in [0.15, 0.2) is 18.2 Å². The van der Waals surface area contributed by atoms with Crippen molar-refractivity contribution in [3.8, 4) is 0 Å². The molecule has 1 unspecified atom stereocenters. The summed E-state index contributed by atoms with van der Waals surface area (Å²) in [7, 11) is 0. The van der Waals surface area contributed by atoms with Crippen LogP contribution in [-0.2, 0) is 19.3 Å². The molecule has 1 heteroatoms. The van der Waals surface area contributed by atoms with Crippen LogP contribution in [0.1, 0.15) is 42.4 Å². The Morgan fingerprint density at radius 2 is 2.00 bits per heavy atom. The lowest BCUT2D eigenvalue weighted by molar-refractivity contribution is 0.399. The summed E-state index contributed by atoms with van der Waals surface area (Å²) in [5.41, 5.74) is 4.76. The van der Waals surface area contributed by atoms with Crippen molar-refractivity contribution >= 4 is 0 Å². The van der Waals surface area contributed by atoms with E-state index in [0.29, 0.717) is 0 Å². The number of benzene rings is 1. The highest BCUT2D eigenvalue weighted by atomic mass is 14.9. The second kappa shape index (κ2) is 4.58. The second-order valence-corrected chi connectivity index (χ2v) is 5.31. The summed E-state index contributed by atoms with van der Waals surface area (Å²) in [6.45, 7) is 1.22. The molecule has 0 saturated carbocycles. The normalized spacial score (nSPS) is 24.4. The summed E-state index contributed by atoms with van der Waals surface area (Å²) in [6, 6.07) is 7.90. The Morgan fingerprint density at radius 3 is 2.88 bits per heavy atom. The first kappa shape index (κ1) is 10.3. The Morgan fingerprint density at radius 1 is 1.06 bits per heavy atom. The van der Waals surface area contributed by atoms with Crippen molar-refractivity contribution in [1.82, 2.24) is 5.32 Å². The van der Waals surface area contributed by atoms with Crippen molar-refractivity contribution in [2.75, 3.05) is 6.54 Å². The Labute approximate surface area is 98.3 Å². The SMILES string of the molecule is c1cc2c(cc1CC1CCCCN1)CCC2. The van der Waals surface area contributed by atoms with E-state index in [4.69, 9.17) is 0 Å². The number of piperidine rings is 1. The smallest absolute Gasteiger partial charge is 0.0107 e. The van der Waals surface area contributed by atoms with Gasteiger partial charge in [-0.25, -0.2) is 0 Å². The molecular formula is C15H21N. The first-order valence-corrected chi connectivity index (χ1v) is 6.76. The molecule has 1 saturated heterocycles. The van der Waals surface area contributed by atoms with Crippen LogP contribution in [0.3, 0.4) is 0 Å². The number of nitrogens with one attached hydrogen (secondary N) is 1. The van der Waals surface area contributed by atoms with E-state index in [2.05, 4.69) is 23.5 Å². The minimum absolute atomic E-state index is 0.730. The van der Waals surface area contributed by atoms with Crippen molar-refractivity contribution in [3.63, 3.8) is 0 Å². The van der Waals surface area contributed by atoms with Gasteiger partial charge in [0.15, 0.2) is 0 Å². The largest absolute Gasteiger partial charge is 0.314 e. The zero-order valence-corrected chi connectivity index (χ0v) is 9.97. The number of fused-ring (bicyclic) bond motifs is 1. The van der Waals surface area contributed by atoms with E-state index in [0.717, 1.165) is 6.04 Å². The molecule has 3 rings (SSSR count). The fraction of sp³-hybridized carbons (Fsp3) is 0.600. The molecule has 0 bridgehead atoms. The molecule has 1 heterocycles. The van der Waals surface area contributed by atoms with Crippen LogP contribution in [0, 0.1) is 0 Å². The highest BCUT2D eigenvalue weighted by molar-refractivity contribution is 5.35. The van der Waals surface area contributed by atoms with Crippen LogP contribution in [0.2, 0.25) is 0 Å². The van der Waals surface area contributed by atoms with Gasteiger partial charge in [-0.3, -0.25) is 0 Å². The third-order valence-electron chi connectivity index (χ3n) is 4.06. The Hall–Kier alpha value is -0.820. The molecule has 1 atom stereocenters. The molecule has 16 heavy (non-hydrogen) atoms. The molecular weight excluding hydrogens is 194 g/mol. The lowest BCUT2D eigenvalue weighted by Gasteiger charge is -2.23. The standard InChI is InChI=1S/C15H21N/c1-2-9-16-15(6-1)11-12-7-8-13-4-3-5-14(13)10-12/h7-8,10,15-16H,1-6,9,11H2. The Balaban J connectivity index is 1.69. The number of hydrogen-bond acceptors (Lipinski definition) is 1. The lowest BCUT2D eigenvalue weighted by Crippen LogP contribution is -2.35. The summed E-state index contributed by atoms with van der Waals surface area (Å²) in [4.78, 5) is 0. The Kier molecular flexibility index (Phi) is 2.96. The lowest BCUT2D eigenvalue weighted by atomic mass is 9.96. The summed E-state index contributed by atoms with van der Waals surface area (Å²) in [5.74, 6) is 0. The minimum Gasteiger partial charge on any atom is -0.314 e. The molecule has 1 aliphatic carbocycles. The van der Waals surface area contributed by atoms with Gasteiger partial charge in [-0.1, -0.05) is 24.6 Å². The van der Waals surface area contributed by atoms with Gasteiger partial charge in [0.2, 0.25) is 0 Å². The summed E-state index contributed by atoms with van der Waals surface area (Å²) in [5, 5.41) is 3.64. The van der Waals surface area contributed by atoms with Crippen LogP contribution in [0.4, 0.5) is 0 Å². The van der Waals surface area contributed by atoms with Crippen LogP contribution in [0.25, 0.3) is 0 Å². The van der Waals surface area contributed by atoms with Crippen molar-refractivity contribution in [1.29, 1.82) is 0 Å². The summed E-state index contributed by atoms with van der Waals surface area (Å²) < 4.78 is 0. The van der Waals surface area contributed by atoms with E-state index < -0.39 is 0 Å².